The van der Waals surface area contributed by atoms with Gasteiger partial charge in [-0.1, -0.05) is 18.2 Å². The Bertz CT molecular complexity index is 682. The van der Waals surface area contributed by atoms with Gasteiger partial charge in [0.1, 0.15) is 0 Å². The van der Waals surface area contributed by atoms with Crippen LogP contribution in [0.1, 0.15) is 12.5 Å². The summed E-state index contributed by atoms with van der Waals surface area (Å²) >= 11 is 0. The fourth-order valence-electron chi connectivity index (χ4n) is 1.74. The molecule has 1 aromatic carbocycles. The molecule has 1 aromatic heterocycles. The Kier molecular flexibility index (Phi) is 4.24. The first-order chi connectivity index (χ1) is 9.53. The van der Waals surface area contributed by atoms with Gasteiger partial charge in [0.05, 0.1) is 23.4 Å². The highest BCUT2D eigenvalue weighted by Gasteiger charge is 2.16. The molecular formula is C14H16N2O3S. The Balaban J connectivity index is 2.22. The third kappa shape index (κ3) is 3.27. The number of aryl methyl sites for hydroxylation is 1. The molecule has 0 amide bonds. The van der Waals surface area contributed by atoms with Crippen molar-refractivity contribution in [1.82, 2.24) is 4.98 Å². The molecule has 0 aliphatic carbocycles. The summed E-state index contributed by atoms with van der Waals surface area (Å²) in [5.74, 6) is 0.464. The van der Waals surface area contributed by atoms with Gasteiger partial charge in [-0.05, 0) is 31.5 Å². The van der Waals surface area contributed by atoms with Gasteiger partial charge in [-0.15, -0.1) is 0 Å². The Labute approximate surface area is 118 Å². The maximum atomic E-state index is 12.3. The lowest BCUT2D eigenvalue weighted by atomic mass is 10.2. The maximum absolute atomic E-state index is 12.3. The SMILES string of the molecule is CCOc1ccc(NS(=O)(=O)c2ccccc2C)cn1. The average molecular weight is 292 g/mol. The van der Waals surface area contributed by atoms with Crippen molar-refractivity contribution in [3.63, 3.8) is 0 Å². The fraction of sp³-hybridized carbons (Fsp3) is 0.214. The second kappa shape index (κ2) is 5.92. The van der Waals surface area contributed by atoms with Gasteiger partial charge in [-0.2, -0.15) is 0 Å². The Morgan fingerprint density at radius 2 is 1.95 bits per heavy atom. The Morgan fingerprint density at radius 3 is 2.55 bits per heavy atom. The number of sulfonamides is 1. The highest BCUT2D eigenvalue weighted by molar-refractivity contribution is 7.92. The Morgan fingerprint density at radius 1 is 1.20 bits per heavy atom. The molecule has 0 spiro atoms. The largest absolute Gasteiger partial charge is 0.478 e. The first-order valence-electron chi connectivity index (χ1n) is 6.20. The lowest BCUT2D eigenvalue weighted by Crippen LogP contribution is -2.14. The molecule has 0 radical (unpaired) electrons. The third-order valence-electron chi connectivity index (χ3n) is 2.66. The average Bonchev–Trinajstić information content (AvgIpc) is 2.41. The van der Waals surface area contributed by atoms with E-state index in [0.717, 1.165) is 0 Å². The number of aromatic nitrogens is 1. The highest BCUT2D eigenvalue weighted by atomic mass is 32.2. The normalized spacial score (nSPS) is 11.1. The molecule has 1 N–H and O–H groups in total. The standard InChI is InChI=1S/C14H16N2O3S/c1-3-19-14-9-8-12(10-15-14)16-20(17,18)13-7-5-4-6-11(13)2/h4-10,16H,3H2,1-2H3. The van der Waals surface area contributed by atoms with E-state index in [9.17, 15) is 8.42 Å². The second-order valence-corrected chi connectivity index (χ2v) is 5.84. The van der Waals surface area contributed by atoms with Crippen LogP contribution in [0, 0.1) is 6.92 Å². The number of nitrogens with zero attached hydrogens (tertiary/aromatic N) is 1. The summed E-state index contributed by atoms with van der Waals surface area (Å²) < 4.78 is 32.2. The fourth-order valence-corrected chi connectivity index (χ4v) is 3.03. The third-order valence-corrected chi connectivity index (χ3v) is 4.21. The van der Waals surface area contributed by atoms with E-state index in [4.69, 9.17) is 4.74 Å². The van der Waals surface area contributed by atoms with Crippen molar-refractivity contribution in [2.24, 2.45) is 0 Å². The van der Waals surface area contributed by atoms with Crippen molar-refractivity contribution in [2.75, 3.05) is 11.3 Å². The molecule has 1 heterocycles. The summed E-state index contributed by atoms with van der Waals surface area (Å²) in [6.45, 7) is 4.13. The van der Waals surface area contributed by atoms with Crippen LogP contribution in [0.2, 0.25) is 0 Å². The Hall–Kier alpha value is -2.08. The van der Waals surface area contributed by atoms with E-state index in [-0.39, 0.29) is 4.90 Å². The van der Waals surface area contributed by atoms with E-state index in [2.05, 4.69) is 9.71 Å². The van der Waals surface area contributed by atoms with Gasteiger partial charge in [0, 0.05) is 6.07 Å². The van der Waals surface area contributed by atoms with Crippen molar-refractivity contribution in [2.45, 2.75) is 18.7 Å². The van der Waals surface area contributed by atoms with Crippen LogP contribution in [0.25, 0.3) is 0 Å². The predicted molar refractivity (Wildman–Crippen MR) is 77.4 cm³/mol. The smallest absolute Gasteiger partial charge is 0.262 e. The molecule has 106 valence electrons. The minimum absolute atomic E-state index is 0.258. The number of hydrogen-bond donors (Lipinski definition) is 1. The van der Waals surface area contributed by atoms with E-state index in [1.807, 2.05) is 6.92 Å². The maximum Gasteiger partial charge on any atom is 0.262 e. The van der Waals surface area contributed by atoms with Gasteiger partial charge in [-0.25, -0.2) is 13.4 Å². The zero-order valence-electron chi connectivity index (χ0n) is 11.3. The van der Waals surface area contributed by atoms with Crippen molar-refractivity contribution >= 4 is 15.7 Å². The molecule has 0 bridgehead atoms. The number of nitrogens with one attached hydrogen (secondary N) is 1. The lowest BCUT2D eigenvalue weighted by Gasteiger charge is -2.10. The van der Waals surface area contributed by atoms with Crippen molar-refractivity contribution < 1.29 is 13.2 Å². The van der Waals surface area contributed by atoms with E-state index in [1.165, 1.54) is 6.20 Å². The topological polar surface area (TPSA) is 68.3 Å². The van der Waals surface area contributed by atoms with Crippen LogP contribution in [-0.2, 0) is 10.0 Å². The molecule has 20 heavy (non-hydrogen) atoms. The van der Waals surface area contributed by atoms with Crippen LogP contribution in [0.3, 0.4) is 0 Å². The summed E-state index contributed by atoms with van der Waals surface area (Å²) in [6, 6.07) is 10.1. The summed E-state index contributed by atoms with van der Waals surface area (Å²) in [6.07, 6.45) is 1.43. The molecule has 5 nitrogen and oxygen atoms in total. The molecule has 0 aliphatic heterocycles. The molecule has 0 atom stereocenters. The van der Waals surface area contributed by atoms with Crippen molar-refractivity contribution in [1.29, 1.82) is 0 Å². The number of ether oxygens (including phenoxy) is 1. The van der Waals surface area contributed by atoms with Crippen molar-refractivity contribution in [3.8, 4) is 5.88 Å². The first kappa shape index (κ1) is 14.3. The number of hydrogen-bond acceptors (Lipinski definition) is 4. The molecule has 2 aromatic rings. The van der Waals surface area contributed by atoms with Crippen molar-refractivity contribution in [3.05, 3.63) is 48.2 Å². The van der Waals surface area contributed by atoms with Crippen LogP contribution in [-0.4, -0.2) is 20.0 Å². The van der Waals surface area contributed by atoms with E-state index in [0.29, 0.717) is 23.7 Å². The minimum atomic E-state index is -3.60. The first-order valence-corrected chi connectivity index (χ1v) is 7.68. The van der Waals surface area contributed by atoms with Gasteiger partial charge < -0.3 is 4.74 Å². The van der Waals surface area contributed by atoms with Crippen LogP contribution >= 0.6 is 0 Å². The minimum Gasteiger partial charge on any atom is -0.478 e. The summed E-state index contributed by atoms with van der Waals surface area (Å²) in [7, 11) is -3.60. The van der Waals surface area contributed by atoms with Gasteiger partial charge in [0.2, 0.25) is 5.88 Å². The summed E-state index contributed by atoms with van der Waals surface area (Å²) in [4.78, 5) is 4.28. The van der Waals surface area contributed by atoms with Crippen LogP contribution in [0.4, 0.5) is 5.69 Å². The van der Waals surface area contributed by atoms with Crippen LogP contribution in [0.5, 0.6) is 5.88 Å². The van der Waals surface area contributed by atoms with Crippen LogP contribution in [0.15, 0.2) is 47.5 Å². The predicted octanol–water partition coefficient (Wildman–Crippen LogP) is 2.59. The van der Waals surface area contributed by atoms with E-state index >= 15 is 0 Å². The molecule has 0 fully saturated rings. The highest BCUT2D eigenvalue weighted by Crippen LogP contribution is 2.19. The number of anilines is 1. The van der Waals surface area contributed by atoms with Crippen LogP contribution < -0.4 is 9.46 Å². The van der Waals surface area contributed by atoms with E-state index in [1.54, 1.807) is 43.3 Å². The molecular weight excluding hydrogens is 276 g/mol. The molecule has 0 unspecified atom stereocenters. The number of pyridine rings is 1. The second-order valence-electron chi connectivity index (χ2n) is 4.19. The summed E-state index contributed by atoms with van der Waals surface area (Å²) in [5.41, 5.74) is 1.09. The lowest BCUT2D eigenvalue weighted by molar-refractivity contribution is 0.327. The zero-order valence-corrected chi connectivity index (χ0v) is 12.1. The number of rotatable bonds is 5. The van der Waals surface area contributed by atoms with Gasteiger partial charge in [-0.3, -0.25) is 4.72 Å². The molecule has 0 aliphatic rings. The van der Waals surface area contributed by atoms with Gasteiger partial charge >= 0.3 is 0 Å². The van der Waals surface area contributed by atoms with E-state index < -0.39 is 10.0 Å². The molecule has 0 saturated heterocycles. The molecule has 2 rings (SSSR count). The van der Waals surface area contributed by atoms with Gasteiger partial charge in [0.25, 0.3) is 10.0 Å². The zero-order chi connectivity index (χ0) is 14.6. The quantitative estimate of drug-likeness (QED) is 0.919. The molecule has 0 saturated carbocycles. The summed E-state index contributed by atoms with van der Waals surface area (Å²) in [5, 5.41) is 0. The van der Waals surface area contributed by atoms with Gasteiger partial charge in [0.15, 0.2) is 0 Å². The number of benzene rings is 1. The molecule has 6 heteroatoms. The monoisotopic (exact) mass is 292 g/mol.